The molecule has 0 saturated carbocycles. The van der Waals surface area contributed by atoms with Crippen molar-refractivity contribution < 1.29 is 0 Å². The molecular formula is C16H29N3S. The van der Waals surface area contributed by atoms with Crippen molar-refractivity contribution in [1.29, 1.82) is 0 Å². The van der Waals surface area contributed by atoms with Gasteiger partial charge in [-0.1, -0.05) is 12.8 Å². The van der Waals surface area contributed by atoms with Gasteiger partial charge in [0.2, 0.25) is 0 Å². The standard InChI is InChI=1S/C16H29N3S/c1-12-9-7-6-8-10-19(12)15-18-13(2)14(20-15)11-17-16(3,4)5/h12,17H,6-11H2,1-5H3. The van der Waals surface area contributed by atoms with Crippen LogP contribution in [0.5, 0.6) is 0 Å². The number of anilines is 1. The van der Waals surface area contributed by atoms with Crippen LogP contribution in [0.4, 0.5) is 5.13 Å². The molecule has 0 bridgehead atoms. The Morgan fingerprint density at radius 3 is 2.75 bits per heavy atom. The van der Waals surface area contributed by atoms with Gasteiger partial charge in [0.1, 0.15) is 0 Å². The Bertz CT molecular complexity index is 433. The smallest absolute Gasteiger partial charge is 0.186 e. The van der Waals surface area contributed by atoms with Crippen LogP contribution in [-0.2, 0) is 6.54 Å². The zero-order chi connectivity index (χ0) is 14.8. The highest BCUT2D eigenvalue weighted by molar-refractivity contribution is 7.15. The first-order chi connectivity index (χ1) is 9.37. The zero-order valence-corrected chi connectivity index (χ0v) is 14.4. The summed E-state index contributed by atoms with van der Waals surface area (Å²) in [7, 11) is 0. The molecule has 2 heterocycles. The van der Waals surface area contributed by atoms with Gasteiger partial charge in [-0.15, -0.1) is 11.3 Å². The molecule has 0 spiro atoms. The maximum atomic E-state index is 4.83. The number of nitrogens with zero attached hydrogens (tertiary/aromatic N) is 2. The minimum Gasteiger partial charge on any atom is -0.345 e. The van der Waals surface area contributed by atoms with Gasteiger partial charge < -0.3 is 10.2 Å². The third-order valence-electron chi connectivity index (χ3n) is 3.96. The second-order valence-corrected chi connectivity index (χ2v) is 8.06. The van der Waals surface area contributed by atoms with E-state index in [0.29, 0.717) is 6.04 Å². The van der Waals surface area contributed by atoms with Crippen LogP contribution >= 0.6 is 11.3 Å². The Balaban J connectivity index is 2.09. The third-order valence-corrected chi connectivity index (χ3v) is 5.15. The van der Waals surface area contributed by atoms with Crippen molar-refractivity contribution in [3.05, 3.63) is 10.6 Å². The normalized spacial score (nSPS) is 21.1. The molecule has 4 heteroatoms. The van der Waals surface area contributed by atoms with E-state index in [4.69, 9.17) is 4.98 Å². The average molecular weight is 295 g/mol. The lowest BCUT2D eigenvalue weighted by Gasteiger charge is -2.26. The molecule has 114 valence electrons. The van der Waals surface area contributed by atoms with E-state index in [-0.39, 0.29) is 5.54 Å². The molecule has 1 fully saturated rings. The van der Waals surface area contributed by atoms with Crippen LogP contribution < -0.4 is 10.2 Å². The topological polar surface area (TPSA) is 28.2 Å². The van der Waals surface area contributed by atoms with Gasteiger partial charge in [0.05, 0.1) is 5.69 Å². The molecule has 1 aromatic heterocycles. The van der Waals surface area contributed by atoms with E-state index in [1.54, 1.807) is 0 Å². The van der Waals surface area contributed by atoms with Crippen molar-refractivity contribution in [3.63, 3.8) is 0 Å². The summed E-state index contributed by atoms with van der Waals surface area (Å²) in [5, 5.41) is 4.80. The van der Waals surface area contributed by atoms with E-state index in [1.165, 1.54) is 47.9 Å². The average Bonchev–Trinajstić information content (AvgIpc) is 2.56. The fourth-order valence-corrected chi connectivity index (χ4v) is 3.73. The highest BCUT2D eigenvalue weighted by Gasteiger charge is 2.21. The maximum Gasteiger partial charge on any atom is 0.186 e. The van der Waals surface area contributed by atoms with Crippen LogP contribution in [0.15, 0.2) is 0 Å². The van der Waals surface area contributed by atoms with Gasteiger partial charge in [0, 0.05) is 29.5 Å². The van der Waals surface area contributed by atoms with Gasteiger partial charge in [-0.05, 0) is 47.5 Å². The van der Waals surface area contributed by atoms with Crippen molar-refractivity contribution >= 4 is 16.5 Å². The SMILES string of the molecule is Cc1nc(N2CCCCCC2C)sc1CNC(C)(C)C. The van der Waals surface area contributed by atoms with Gasteiger partial charge in [-0.2, -0.15) is 0 Å². The van der Waals surface area contributed by atoms with Crippen LogP contribution in [0.3, 0.4) is 0 Å². The summed E-state index contributed by atoms with van der Waals surface area (Å²) in [6, 6.07) is 0.631. The third kappa shape index (κ3) is 4.19. The molecule has 0 aromatic carbocycles. The minimum absolute atomic E-state index is 0.159. The number of hydrogen-bond donors (Lipinski definition) is 1. The number of rotatable bonds is 3. The molecule has 2 rings (SSSR count). The Kier molecular flexibility index (Phi) is 5.08. The predicted molar refractivity (Wildman–Crippen MR) is 88.7 cm³/mol. The van der Waals surface area contributed by atoms with Crippen molar-refractivity contribution in [2.75, 3.05) is 11.4 Å². The number of nitrogens with one attached hydrogen (secondary N) is 1. The van der Waals surface area contributed by atoms with Crippen molar-refractivity contribution in [1.82, 2.24) is 10.3 Å². The van der Waals surface area contributed by atoms with E-state index >= 15 is 0 Å². The van der Waals surface area contributed by atoms with Crippen molar-refractivity contribution in [3.8, 4) is 0 Å². The minimum atomic E-state index is 0.159. The molecule has 1 aromatic rings. The lowest BCUT2D eigenvalue weighted by atomic mass is 10.1. The molecule has 0 aliphatic carbocycles. The number of thiazole rings is 1. The Labute approximate surface area is 127 Å². The first-order valence-corrected chi connectivity index (χ1v) is 8.66. The van der Waals surface area contributed by atoms with Crippen LogP contribution in [0.1, 0.15) is 63.9 Å². The molecule has 1 unspecified atom stereocenters. The number of aromatic nitrogens is 1. The molecule has 0 radical (unpaired) electrons. The largest absolute Gasteiger partial charge is 0.345 e. The fourth-order valence-electron chi connectivity index (χ4n) is 2.60. The summed E-state index contributed by atoms with van der Waals surface area (Å²) in [5.74, 6) is 0. The summed E-state index contributed by atoms with van der Waals surface area (Å²) in [6.45, 7) is 13.2. The Morgan fingerprint density at radius 1 is 1.30 bits per heavy atom. The summed E-state index contributed by atoms with van der Waals surface area (Å²) in [6.07, 6.45) is 5.33. The van der Waals surface area contributed by atoms with Gasteiger partial charge >= 0.3 is 0 Å². The fraction of sp³-hybridized carbons (Fsp3) is 0.812. The molecule has 1 aliphatic rings. The first-order valence-electron chi connectivity index (χ1n) is 7.85. The predicted octanol–water partition coefficient (Wildman–Crippen LogP) is 4.11. The monoisotopic (exact) mass is 295 g/mol. The second-order valence-electron chi connectivity index (χ2n) is 7.00. The Morgan fingerprint density at radius 2 is 2.05 bits per heavy atom. The maximum absolute atomic E-state index is 4.83. The lowest BCUT2D eigenvalue weighted by Crippen LogP contribution is -2.35. The highest BCUT2D eigenvalue weighted by atomic mass is 32.1. The summed E-state index contributed by atoms with van der Waals surface area (Å²) >= 11 is 1.87. The molecule has 20 heavy (non-hydrogen) atoms. The number of aryl methyl sites for hydroxylation is 1. The molecule has 1 saturated heterocycles. The van der Waals surface area contributed by atoms with Crippen LogP contribution in [0, 0.1) is 6.92 Å². The van der Waals surface area contributed by atoms with Crippen LogP contribution in [0.25, 0.3) is 0 Å². The zero-order valence-electron chi connectivity index (χ0n) is 13.6. The van der Waals surface area contributed by atoms with Crippen LogP contribution in [0.2, 0.25) is 0 Å². The molecule has 0 amide bonds. The van der Waals surface area contributed by atoms with Gasteiger partial charge in [-0.25, -0.2) is 4.98 Å². The molecule has 1 N–H and O–H groups in total. The summed E-state index contributed by atoms with van der Waals surface area (Å²) in [4.78, 5) is 8.73. The van der Waals surface area contributed by atoms with Crippen molar-refractivity contribution in [2.45, 2.75) is 78.4 Å². The van der Waals surface area contributed by atoms with Gasteiger partial charge in [0.15, 0.2) is 5.13 Å². The van der Waals surface area contributed by atoms with E-state index in [9.17, 15) is 0 Å². The lowest BCUT2D eigenvalue weighted by molar-refractivity contribution is 0.425. The van der Waals surface area contributed by atoms with Gasteiger partial charge in [-0.3, -0.25) is 0 Å². The summed E-state index contributed by atoms with van der Waals surface area (Å²) < 4.78 is 0. The van der Waals surface area contributed by atoms with E-state index in [0.717, 1.165) is 6.54 Å². The quantitative estimate of drug-likeness (QED) is 0.909. The van der Waals surface area contributed by atoms with Crippen LogP contribution in [-0.4, -0.2) is 23.1 Å². The number of hydrogen-bond acceptors (Lipinski definition) is 4. The molecular weight excluding hydrogens is 266 g/mol. The summed E-state index contributed by atoms with van der Waals surface area (Å²) in [5.41, 5.74) is 1.35. The van der Waals surface area contributed by atoms with E-state index in [1.807, 2.05) is 11.3 Å². The Hall–Kier alpha value is -0.610. The highest BCUT2D eigenvalue weighted by Crippen LogP contribution is 2.30. The first kappa shape index (κ1) is 15.8. The molecule has 3 nitrogen and oxygen atoms in total. The van der Waals surface area contributed by atoms with E-state index < -0.39 is 0 Å². The van der Waals surface area contributed by atoms with E-state index in [2.05, 4.69) is 44.8 Å². The second kappa shape index (κ2) is 6.44. The van der Waals surface area contributed by atoms with Gasteiger partial charge in [0.25, 0.3) is 0 Å². The van der Waals surface area contributed by atoms with Crippen molar-refractivity contribution in [2.24, 2.45) is 0 Å². The molecule has 1 aliphatic heterocycles. The molecule has 1 atom stereocenters.